The molecule has 1 aliphatic heterocycles. The van der Waals surface area contributed by atoms with E-state index >= 15 is 0 Å². The first-order valence-electron chi connectivity index (χ1n) is 8.85. The summed E-state index contributed by atoms with van der Waals surface area (Å²) >= 11 is 1.15. The van der Waals surface area contributed by atoms with Crippen molar-refractivity contribution in [2.45, 2.75) is 30.7 Å². The predicted octanol–water partition coefficient (Wildman–Crippen LogP) is 0.831. The van der Waals surface area contributed by atoms with E-state index in [-0.39, 0.29) is 16.4 Å². The van der Waals surface area contributed by atoms with E-state index in [1.54, 1.807) is 36.8 Å². The van der Waals surface area contributed by atoms with Gasteiger partial charge in [0.1, 0.15) is 40.8 Å². The van der Waals surface area contributed by atoms with Gasteiger partial charge in [-0.25, -0.2) is 0 Å². The number of carbonyl (C=O) groups excluding carboxylic acids is 1. The number of rotatable bonds is 7. The van der Waals surface area contributed by atoms with Crippen LogP contribution in [0, 0.1) is 0 Å². The van der Waals surface area contributed by atoms with Crippen LogP contribution < -0.4 is 9.47 Å². The van der Waals surface area contributed by atoms with Crippen molar-refractivity contribution in [3.05, 3.63) is 52.2 Å². The summed E-state index contributed by atoms with van der Waals surface area (Å²) in [7, 11) is 1.57. The lowest BCUT2D eigenvalue weighted by Crippen LogP contribution is -2.60. The maximum Gasteiger partial charge on any atom is 0.229 e. The summed E-state index contributed by atoms with van der Waals surface area (Å²) in [6, 6.07) is 8.72. The quantitative estimate of drug-likeness (QED) is 0.382. The summed E-state index contributed by atoms with van der Waals surface area (Å²) in [5.41, 5.74) is 0.812. The Kier molecular flexibility index (Phi) is 7.01. The van der Waals surface area contributed by atoms with E-state index in [1.807, 2.05) is 12.1 Å². The van der Waals surface area contributed by atoms with Gasteiger partial charge in [0.25, 0.3) is 0 Å². The van der Waals surface area contributed by atoms with Crippen molar-refractivity contribution in [1.82, 2.24) is 0 Å². The zero-order valence-electron chi connectivity index (χ0n) is 15.5. The molecule has 156 valence electrons. The molecule has 1 aliphatic rings. The molecule has 5 atom stereocenters. The van der Waals surface area contributed by atoms with Gasteiger partial charge in [0.15, 0.2) is 5.78 Å². The highest BCUT2D eigenvalue weighted by Crippen LogP contribution is 2.30. The average molecular weight is 422 g/mol. The normalized spacial score (nSPS) is 27.1. The van der Waals surface area contributed by atoms with Gasteiger partial charge in [-0.15, -0.1) is 11.3 Å². The molecule has 0 radical (unpaired) electrons. The molecule has 29 heavy (non-hydrogen) atoms. The second-order valence-electron chi connectivity index (χ2n) is 6.40. The Bertz CT molecular complexity index is 844. The van der Waals surface area contributed by atoms with Crippen LogP contribution in [0.3, 0.4) is 0 Å². The van der Waals surface area contributed by atoms with Gasteiger partial charge in [-0.1, -0.05) is 18.2 Å². The topological polar surface area (TPSA) is 126 Å². The molecule has 1 aromatic heterocycles. The molecule has 1 aromatic carbocycles. The number of ether oxygens (including phenoxy) is 3. The fourth-order valence-corrected chi connectivity index (χ4v) is 3.57. The number of methoxy groups -OCH3 is 1. The Balaban J connectivity index is 1.71. The fraction of sp³-hybridized carbons (Fsp3) is 0.350. The maximum atomic E-state index is 12.6. The molecule has 0 spiro atoms. The van der Waals surface area contributed by atoms with Gasteiger partial charge in [0.05, 0.1) is 13.7 Å². The SMILES string of the molecule is COc1ccc(C=CC(=O)c2sccc2OC2OC(CO)C(O)C(O)C2O)cc1. The Morgan fingerprint density at radius 1 is 1.14 bits per heavy atom. The molecule has 5 unspecified atom stereocenters. The van der Waals surface area contributed by atoms with E-state index in [9.17, 15) is 25.2 Å². The Morgan fingerprint density at radius 2 is 1.86 bits per heavy atom. The molecule has 0 amide bonds. The van der Waals surface area contributed by atoms with Crippen molar-refractivity contribution in [2.75, 3.05) is 13.7 Å². The molecule has 1 fully saturated rings. The number of aliphatic hydroxyl groups excluding tert-OH is 4. The van der Waals surface area contributed by atoms with Crippen molar-refractivity contribution in [1.29, 1.82) is 0 Å². The lowest BCUT2D eigenvalue weighted by atomic mass is 9.99. The highest BCUT2D eigenvalue weighted by Gasteiger charge is 2.45. The molecular formula is C20H22O8S. The van der Waals surface area contributed by atoms with Crippen LogP contribution >= 0.6 is 11.3 Å². The summed E-state index contributed by atoms with van der Waals surface area (Å²) in [6.45, 7) is -0.565. The van der Waals surface area contributed by atoms with E-state index in [4.69, 9.17) is 14.2 Å². The smallest absolute Gasteiger partial charge is 0.229 e. The summed E-state index contributed by atoms with van der Waals surface area (Å²) < 4.78 is 16.0. The van der Waals surface area contributed by atoms with Gasteiger partial charge >= 0.3 is 0 Å². The van der Waals surface area contributed by atoms with E-state index in [2.05, 4.69) is 0 Å². The first-order valence-corrected chi connectivity index (χ1v) is 9.73. The van der Waals surface area contributed by atoms with E-state index in [0.717, 1.165) is 16.9 Å². The minimum Gasteiger partial charge on any atom is -0.497 e. The minimum atomic E-state index is -1.56. The van der Waals surface area contributed by atoms with Crippen LogP contribution in [-0.4, -0.2) is 70.6 Å². The maximum absolute atomic E-state index is 12.6. The van der Waals surface area contributed by atoms with Crippen molar-refractivity contribution < 1.29 is 39.4 Å². The molecule has 2 aromatic rings. The Labute approximate surface area is 171 Å². The number of ketones is 1. The van der Waals surface area contributed by atoms with Crippen LogP contribution in [0.4, 0.5) is 0 Å². The minimum absolute atomic E-state index is 0.170. The van der Waals surface area contributed by atoms with Gasteiger partial charge in [0.2, 0.25) is 6.29 Å². The summed E-state index contributed by atoms with van der Waals surface area (Å²) in [5.74, 6) is 0.570. The van der Waals surface area contributed by atoms with Gasteiger partial charge in [-0.05, 0) is 35.2 Å². The van der Waals surface area contributed by atoms with Crippen molar-refractivity contribution in [3.63, 3.8) is 0 Å². The third kappa shape index (κ3) is 4.84. The summed E-state index contributed by atoms with van der Waals surface area (Å²) in [6.07, 6.45) is -3.98. The van der Waals surface area contributed by atoms with Gasteiger partial charge in [0, 0.05) is 0 Å². The first kappa shape index (κ1) is 21.4. The predicted molar refractivity (Wildman–Crippen MR) is 105 cm³/mol. The lowest BCUT2D eigenvalue weighted by Gasteiger charge is -2.39. The van der Waals surface area contributed by atoms with Crippen LogP contribution in [0.5, 0.6) is 11.5 Å². The number of thiophene rings is 1. The summed E-state index contributed by atoms with van der Waals surface area (Å²) in [4.78, 5) is 12.9. The monoisotopic (exact) mass is 422 g/mol. The Morgan fingerprint density at radius 3 is 2.52 bits per heavy atom. The van der Waals surface area contributed by atoms with Crippen LogP contribution in [0.15, 0.2) is 41.8 Å². The second-order valence-corrected chi connectivity index (χ2v) is 7.32. The standard InChI is InChI=1S/C20H22O8S/c1-26-12-5-2-11(3-6-12)4-7-13(22)19-14(8-9-29-19)27-20-18(25)17(24)16(23)15(10-21)28-20/h2-9,15-18,20-21,23-25H,10H2,1H3. The summed E-state index contributed by atoms with van der Waals surface area (Å²) in [5, 5.41) is 40.7. The van der Waals surface area contributed by atoms with Crippen LogP contribution in [0.2, 0.25) is 0 Å². The van der Waals surface area contributed by atoms with E-state index < -0.39 is 37.3 Å². The van der Waals surface area contributed by atoms with Crippen molar-refractivity contribution in [2.24, 2.45) is 0 Å². The van der Waals surface area contributed by atoms with Crippen molar-refractivity contribution >= 4 is 23.2 Å². The number of aliphatic hydroxyl groups is 4. The lowest BCUT2D eigenvalue weighted by molar-refractivity contribution is -0.277. The molecular weight excluding hydrogens is 400 g/mol. The third-order valence-electron chi connectivity index (χ3n) is 4.49. The van der Waals surface area contributed by atoms with E-state index in [1.165, 1.54) is 6.08 Å². The number of hydrogen-bond donors (Lipinski definition) is 4. The molecule has 3 rings (SSSR count). The molecule has 8 nitrogen and oxygen atoms in total. The Hall–Kier alpha value is -2.27. The van der Waals surface area contributed by atoms with Crippen LogP contribution in [0.1, 0.15) is 15.2 Å². The van der Waals surface area contributed by atoms with Gasteiger partial charge in [-0.2, -0.15) is 0 Å². The number of hydrogen-bond acceptors (Lipinski definition) is 9. The zero-order chi connectivity index (χ0) is 21.0. The van der Waals surface area contributed by atoms with Crippen LogP contribution in [0.25, 0.3) is 6.08 Å². The molecule has 0 saturated carbocycles. The molecule has 2 heterocycles. The first-order chi connectivity index (χ1) is 13.9. The molecule has 4 N–H and O–H groups in total. The number of benzene rings is 1. The van der Waals surface area contributed by atoms with Gasteiger partial charge < -0.3 is 34.6 Å². The molecule has 9 heteroatoms. The fourth-order valence-electron chi connectivity index (χ4n) is 2.82. The largest absolute Gasteiger partial charge is 0.497 e. The van der Waals surface area contributed by atoms with E-state index in [0.29, 0.717) is 5.75 Å². The molecule has 1 saturated heterocycles. The highest BCUT2D eigenvalue weighted by molar-refractivity contribution is 7.12. The van der Waals surface area contributed by atoms with Crippen molar-refractivity contribution in [3.8, 4) is 11.5 Å². The third-order valence-corrected chi connectivity index (χ3v) is 5.40. The number of carbonyl (C=O) groups is 1. The average Bonchev–Trinajstić information content (AvgIpc) is 3.21. The molecule has 0 aliphatic carbocycles. The van der Waals surface area contributed by atoms with Gasteiger partial charge in [-0.3, -0.25) is 4.79 Å². The number of allylic oxidation sites excluding steroid dienone is 1. The van der Waals surface area contributed by atoms with Crippen LogP contribution in [-0.2, 0) is 4.74 Å². The second kappa shape index (κ2) is 9.49. The molecule has 0 bridgehead atoms. The highest BCUT2D eigenvalue weighted by atomic mass is 32.1. The zero-order valence-corrected chi connectivity index (χ0v) is 16.4.